The molecule has 0 aromatic rings. The van der Waals surface area contributed by atoms with E-state index in [1.165, 1.54) is 0 Å². The third-order valence-corrected chi connectivity index (χ3v) is 1.65. The van der Waals surface area contributed by atoms with E-state index in [1.807, 2.05) is 0 Å². The number of hydrogen-bond acceptors (Lipinski definition) is 2. The third-order valence-electron chi connectivity index (χ3n) is 0.665. The van der Waals surface area contributed by atoms with Crippen molar-refractivity contribution in [2.75, 3.05) is 12.4 Å². The van der Waals surface area contributed by atoms with Gasteiger partial charge in [0.1, 0.15) is 0 Å². The Bertz CT molecular complexity index is 120. The van der Waals surface area contributed by atoms with Gasteiger partial charge in [-0.25, -0.2) is 5.11 Å². The average molecular weight is 145 g/mol. The molecule has 0 amide bonds. The smallest absolute Gasteiger partial charge is 0.214 e. The first-order chi connectivity index (χ1) is 4.18. The van der Waals surface area contributed by atoms with Crippen LogP contribution in [-0.4, -0.2) is 17.5 Å². The van der Waals surface area contributed by atoms with E-state index in [2.05, 4.69) is 6.58 Å². The van der Waals surface area contributed by atoms with Crippen LogP contribution in [0.15, 0.2) is 12.2 Å². The first kappa shape index (κ1) is 8.72. The fraction of sp³-hybridized carbons (Fsp3) is 0.500. The second-order valence-corrected chi connectivity index (χ2v) is 2.69. The zero-order chi connectivity index (χ0) is 7.28. The molecule has 9 heavy (non-hydrogen) atoms. The monoisotopic (exact) mass is 145 g/mol. The molecule has 0 fully saturated rings. The van der Waals surface area contributed by atoms with Gasteiger partial charge in [-0.3, -0.25) is 4.79 Å². The molecule has 0 unspecified atom stereocenters. The van der Waals surface area contributed by atoms with Crippen LogP contribution < -0.4 is 0 Å². The molecule has 0 N–H and O–H groups in total. The highest BCUT2D eigenvalue weighted by Crippen LogP contribution is 2.06. The summed E-state index contributed by atoms with van der Waals surface area (Å²) in [4.78, 5) is 10.6. The van der Waals surface area contributed by atoms with Crippen molar-refractivity contribution in [3.05, 3.63) is 12.2 Å². The zero-order valence-electron chi connectivity index (χ0n) is 5.35. The fourth-order valence-electron chi connectivity index (χ4n) is 0.258. The molecule has 0 aromatic heterocycles. The van der Waals surface area contributed by atoms with Crippen molar-refractivity contribution in [1.29, 1.82) is 0 Å². The molecule has 0 aliphatic heterocycles. The van der Waals surface area contributed by atoms with Gasteiger partial charge in [0.15, 0.2) is 0 Å². The molecular formula is C6H9O2S. The molecule has 0 aromatic carbocycles. The van der Waals surface area contributed by atoms with Crippen LogP contribution in [0, 0.1) is 0 Å². The summed E-state index contributed by atoms with van der Waals surface area (Å²) in [5.41, 5.74) is 0.508. The maximum atomic E-state index is 10.6. The van der Waals surface area contributed by atoms with Gasteiger partial charge in [0, 0.05) is 5.75 Å². The van der Waals surface area contributed by atoms with Gasteiger partial charge in [0.05, 0.1) is 6.61 Å². The van der Waals surface area contributed by atoms with Crippen LogP contribution in [-0.2, 0) is 9.90 Å². The van der Waals surface area contributed by atoms with Gasteiger partial charge in [-0.15, -0.1) is 0 Å². The summed E-state index contributed by atoms with van der Waals surface area (Å²) in [6, 6.07) is 0. The van der Waals surface area contributed by atoms with E-state index in [4.69, 9.17) is 0 Å². The molecule has 3 heteroatoms. The van der Waals surface area contributed by atoms with Crippen LogP contribution >= 0.6 is 11.8 Å². The van der Waals surface area contributed by atoms with Crippen LogP contribution in [0.4, 0.5) is 0 Å². The number of rotatable bonds is 3. The normalized spacial score (nSPS) is 9.11. The van der Waals surface area contributed by atoms with Crippen molar-refractivity contribution < 1.29 is 9.90 Å². The minimum absolute atomic E-state index is 0.0779. The molecule has 0 aliphatic rings. The van der Waals surface area contributed by atoms with Gasteiger partial charge in [0.2, 0.25) is 5.12 Å². The SMILES string of the molecule is C=C(C)C(=O)SCC[O]. The predicted molar refractivity (Wildman–Crippen MR) is 37.8 cm³/mol. The Labute approximate surface area is 59.0 Å². The third kappa shape index (κ3) is 4.24. The Morgan fingerprint density at radius 1 is 1.67 bits per heavy atom. The van der Waals surface area contributed by atoms with E-state index in [1.54, 1.807) is 6.92 Å². The Morgan fingerprint density at radius 2 is 2.22 bits per heavy atom. The second-order valence-electron chi connectivity index (χ2n) is 1.62. The van der Waals surface area contributed by atoms with Gasteiger partial charge in [-0.05, 0) is 12.5 Å². The highest BCUT2D eigenvalue weighted by atomic mass is 32.2. The van der Waals surface area contributed by atoms with Gasteiger partial charge in [0.25, 0.3) is 0 Å². The molecule has 0 aliphatic carbocycles. The van der Waals surface area contributed by atoms with Crippen molar-refractivity contribution in [3.63, 3.8) is 0 Å². The molecule has 0 atom stereocenters. The Hall–Kier alpha value is -0.280. The van der Waals surface area contributed by atoms with Gasteiger partial charge in [-0.1, -0.05) is 18.3 Å². The number of thioether (sulfide) groups is 1. The lowest BCUT2D eigenvalue weighted by atomic mass is 10.4. The van der Waals surface area contributed by atoms with Crippen molar-refractivity contribution >= 4 is 16.9 Å². The second kappa shape index (κ2) is 4.58. The van der Waals surface area contributed by atoms with Crippen LogP contribution in [0.1, 0.15) is 6.92 Å². The number of carbonyl (C=O) groups is 1. The highest BCUT2D eigenvalue weighted by molar-refractivity contribution is 8.14. The van der Waals surface area contributed by atoms with Crippen LogP contribution in [0.3, 0.4) is 0 Å². The molecule has 0 saturated heterocycles. The van der Waals surface area contributed by atoms with Crippen molar-refractivity contribution in [2.45, 2.75) is 6.92 Å². The summed E-state index contributed by atoms with van der Waals surface area (Å²) in [5, 5.41) is 9.78. The summed E-state index contributed by atoms with van der Waals surface area (Å²) in [7, 11) is 0. The molecule has 2 nitrogen and oxygen atoms in total. The fourth-order valence-corrected chi connectivity index (χ4v) is 0.773. The lowest BCUT2D eigenvalue weighted by Gasteiger charge is -1.93. The lowest BCUT2D eigenvalue weighted by molar-refractivity contribution is -0.107. The highest BCUT2D eigenvalue weighted by Gasteiger charge is 2.00. The van der Waals surface area contributed by atoms with Gasteiger partial charge in [-0.2, -0.15) is 0 Å². The number of carbonyl (C=O) groups excluding carboxylic acids is 1. The molecule has 0 bridgehead atoms. The summed E-state index contributed by atoms with van der Waals surface area (Å²) in [6.45, 7) is 4.87. The first-order valence-electron chi connectivity index (χ1n) is 2.59. The average Bonchev–Trinajstić information content (AvgIpc) is 1.82. The maximum Gasteiger partial charge on any atom is 0.214 e. The van der Waals surface area contributed by atoms with Gasteiger partial charge < -0.3 is 0 Å². The summed E-state index contributed by atoms with van der Waals surface area (Å²) >= 11 is 1.03. The molecule has 51 valence electrons. The van der Waals surface area contributed by atoms with Crippen molar-refractivity contribution in [1.82, 2.24) is 0 Å². The predicted octanol–water partition coefficient (Wildman–Crippen LogP) is 1.25. The van der Waals surface area contributed by atoms with Crippen LogP contribution in [0.25, 0.3) is 0 Å². The molecular weight excluding hydrogens is 136 g/mol. The lowest BCUT2D eigenvalue weighted by Crippen LogP contribution is -1.95. The van der Waals surface area contributed by atoms with E-state index in [-0.39, 0.29) is 11.7 Å². The van der Waals surface area contributed by atoms with E-state index in [0.717, 1.165) is 11.8 Å². The maximum absolute atomic E-state index is 10.6. The van der Waals surface area contributed by atoms with Crippen molar-refractivity contribution in [3.8, 4) is 0 Å². The molecule has 1 radical (unpaired) electrons. The molecule has 0 saturated carbocycles. The van der Waals surface area contributed by atoms with Crippen molar-refractivity contribution in [2.24, 2.45) is 0 Å². The first-order valence-corrected chi connectivity index (χ1v) is 3.57. The Balaban J connectivity index is 3.39. The molecule has 0 spiro atoms. The number of hydrogen-bond donors (Lipinski definition) is 0. The Kier molecular flexibility index (Phi) is 4.44. The summed E-state index contributed by atoms with van der Waals surface area (Å²) in [6.07, 6.45) is 0. The zero-order valence-corrected chi connectivity index (χ0v) is 6.16. The topological polar surface area (TPSA) is 37.0 Å². The van der Waals surface area contributed by atoms with E-state index in [0.29, 0.717) is 11.3 Å². The summed E-state index contributed by atoms with van der Waals surface area (Å²) in [5.74, 6) is 0.353. The van der Waals surface area contributed by atoms with E-state index < -0.39 is 0 Å². The molecule has 0 rings (SSSR count). The largest absolute Gasteiger partial charge is 0.282 e. The van der Waals surface area contributed by atoms with E-state index >= 15 is 0 Å². The van der Waals surface area contributed by atoms with Crippen LogP contribution in [0.5, 0.6) is 0 Å². The van der Waals surface area contributed by atoms with E-state index in [9.17, 15) is 9.90 Å². The quantitative estimate of drug-likeness (QED) is 0.560. The van der Waals surface area contributed by atoms with Gasteiger partial charge >= 0.3 is 0 Å². The Morgan fingerprint density at radius 3 is 2.56 bits per heavy atom. The molecule has 0 heterocycles. The standard InChI is InChI=1S/C6H9O2S/c1-5(2)6(8)9-4-3-7/h1,3-4H2,2H3. The van der Waals surface area contributed by atoms with Crippen LogP contribution in [0.2, 0.25) is 0 Å². The minimum Gasteiger partial charge on any atom is -0.282 e. The summed E-state index contributed by atoms with van der Waals surface area (Å²) < 4.78 is 0. The minimum atomic E-state index is -0.205.